The van der Waals surface area contributed by atoms with Crippen molar-refractivity contribution in [3.63, 3.8) is 0 Å². The standard InChI is InChI=1S/C15H15ClN2O2/c1-9-13(16)17-8-18-14(9)19-11-6-4-5-10-7-15(2,3)20-12(10)11/h4-6,8H,7H2,1-3H3. The van der Waals surface area contributed by atoms with Crippen LogP contribution >= 0.6 is 11.6 Å². The molecule has 1 aromatic carbocycles. The molecule has 1 aromatic heterocycles. The highest BCUT2D eigenvalue weighted by Crippen LogP contribution is 2.43. The van der Waals surface area contributed by atoms with Crippen LogP contribution in [0.15, 0.2) is 24.5 Å². The van der Waals surface area contributed by atoms with Crippen molar-refractivity contribution in [3.05, 3.63) is 40.8 Å². The molecule has 1 aliphatic rings. The fraction of sp³-hybridized carbons (Fsp3) is 0.333. The van der Waals surface area contributed by atoms with Crippen molar-refractivity contribution in [1.29, 1.82) is 0 Å². The molecular formula is C15H15ClN2O2. The quantitative estimate of drug-likeness (QED) is 0.786. The monoisotopic (exact) mass is 290 g/mol. The molecule has 0 unspecified atom stereocenters. The van der Waals surface area contributed by atoms with E-state index in [0.717, 1.165) is 17.7 Å². The summed E-state index contributed by atoms with van der Waals surface area (Å²) in [5.41, 5.74) is 1.65. The smallest absolute Gasteiger partial charge is 0.226 e. The molecule has 1 aliphatic heterocycles. The van der Waals surface area contributed by atoms with Gasteiger partial charge in [-0.05, 0) is 26.8 Å². The van der Waals surface area contributed by atoms with Crippen LogP contribution in [-0.4, -0.2) is 15.6 Å². The summed E-state index contributed by atoms with van der Waals surface area (Å²) in [7, 11) is 0. The topological polar surface area (TPSA) is 44.2 Å². The first kappa shape index (κ1) is 13.2. The Bertz CT molecular complexity index is 671. The van der Waals surface area contributed by atoms with Crippen LogP contribution in [0, 0.1) is 6.92 Å². The van der Waals surface area contributed by atoms with Crippen LogP contribution < -0.4 is 9.47 Å². The van der Waals surface area contributed by atoms with Gasteiger partial charge in [-0.25, -0.2) is 9.97 Å². The molecule has 0 spiro atoms. The lowest BCUT2D eigenvalue weighted by molar-refractivity contribution is 0.135. The van der Waals surface area contributed by atoms with Crippen LogP contribution in [0.25, 0.3) is 0 Å². The summed E-state index contributed by atoms with van der Waals surface area (Å²) in [6, 6.07) is 5.88. The van der Waals surface area contributed by atoms with E-state index in [9.17, 15) is 0 Å². The lowest BCUT2D eigenvalue weighted by atomic mass is 10.0. The molecule has 0 saturated heterocycles. The molecule has 0 fully saturated rings. The van der Waals surface area contributed by atoms with Crippen molar-refractivity contribution in [2.45, 2.75) is 32.8 Å². The largest absolute Gasteiger partial charge is 0.483 e. The van der Waals surface area contributed by atoms with Gasteiger partial charge in [-0.1, -0.05) is 23.7 Å². The Morgan fingerprint density at radius 3 is 2.90 bits per heavy atom. The van der Waals surface area contributed by atoms with Crippen molar-refractivity contribution in [3.8, 4) is 17.4 Å². The molecule has 0 atom stereocenters. The third-order valence-electron chi connectivity index (χ3n) is 3.24. The number of hydrogen-bond donors (Lipinski definition) is 0. The minimum absolute atomic E-state index is 0.208. The zero-order valence-electron chi connectivity index (χ0n) is 11.6. The Morgan fingerprint density at radius 1 is 1.30 bits per heavy atom. The minimum atomic E-state index is -0.208. The highest BCUT2D eigenvalue weighted by molar-refractivity contribution is 6.30. The van der Waals surface area contributed by atoms with Gasteiger partial charge in [0.25, 0.3) is 0 Å². The number of ether oxygens (including phenoxy) is 2. The van der Waals surface area contributed by atoms with Crippen LogP contribution in [0.3, 0.4) is 0 Å². The van der Waals surface area contributed by atoms with Gasteiger partial charge in [0.05, 0.1) is 0 Å². The van der Waals surface area contributed by atoms with E-state index in [1.165, 1.54) is 6.33 Å². The maximum Gasteiger partial charge on any atom is 0.226 e. The zero-order chi connectivity index (χ0) is 14.3. The molecule has 0 saturated carbocycles. The van der Waals surface area contributed by atoms with E-state index in [2.05, 4.69) is 29.9 Å². The summed E-state index contributed by atoms with van der Waals surface area (Å²) in [4.78, 5) is 8.04. The van der Waals surface area contributed by atoms with Crippen LogP contribution in [-0.2, 0) is 6.42 Å². The van der Waals surface area contributed by atoms with Crippen molar-refractivity contribution < 1.29 is 9.47 Å². The minimum Gasteiger partial charge on any atom is -0.483 e. The van der Waals surface area contributed by atoms with E-state index >= 15 is 0 Å². The maximum absolute atomic E-state index is 5.98. The number of para-hydroxylation sites is 1. The molecule has 2 heterocycles. The predicted octanol–water partition coefficient (Wildman–Crippen LogP) is 3.94. The van der Waals surface area contributed by atoms with Crippen LogP contribution in [0.1, 0.15) is 25.0 Å². The first-order chi connectivity index (χ1) is 9.46. The zero-order valence-corrected chi connectivity index (χ0v) is 12.4. The van der Waals surface area contributed by atoms with Gasteiger partial charge in [-0.2, -0.15) is 0 Å². The fourth-order valence-electron chi connectivity index (χ4n) is 2.29. The second-order valence-corrected chi connectivity index (χ2v) is 5.84. The van der Waals surface area contributed by atoms with Crippen molar-refractivity contribution in [2.75, 3.05) is 0 Å². The number of fused-ring (bicyclic) bond motifs is 1. The molecule has 2 aromatic rings. The molecule has 0 aliphatic carbocycles. The molecule has 5 heteroatoms. The fourth-order valence-corrected chi connectivity index (χ4v) is 2.41. The van der Waals surface area contributed by atoms with E-state index in [4.69, 9.17) is 21.1 Å². The number of hydrogen-bond acceptors (Lipinski definition) is 4. The Labute approximate surface area is 122 Å². The average Bonchev–Trinajstić information content (AvgIpc) is 2.70. The molecule has 3 rings (SSSR count). The summed E-state index contributed by atoms with van der Waals surface area (Å²) < 4.78 is 11.8. The normalized spacial score (nSPS) is 15.6. The van der Waals surface area contributed by atoms with Gasteiger partial charge >= 0.3 is 0 Å². The highest BCUT2D eigenvalue weighted by atomic mass is 35.5. The molecule has 0 bridgehead atoms. The first-order valence-electron chi connectivity index (χ1n) is 6.42. The number of nitrogens with zero attached hydrogens (tertiary/aromatic N) is 2. The molecular weight excluding hydrogens is 276 g/mol. The van der Waals surface area contributed by atoms with E-state index in [-0.39, 0.29) is 5.60 Å². The van der Waals surface area contributed by atoms with Gasteiger partial charge in [0, 0.05) is 17.5 Å². The molecule has 20 heavy (non-hydrogen) atoms. The van der Waals surface area contributed by atoms with E-state index in [1.54, 1.807) is 0 Å². The SMILES string of the molecule is Cc1c(Cl)ncnc1Oc1cccc2c1OC(C)(C)C2. The lowest BCUT2D eigenvalue weighted by Gasteiger charge is -2.18. The summed E-state index contributed by atoms with van der Waals surface area (Å²) >= 11 is 5.98. The van der Waals surface area contributed by atoms with Gasteiger partial charge < -0.3 is 9.47 Å². The second kappa shape index (κ2) is 4.63. The lowest BCUT2D eigenvalue weighted by Crippen LogP contribution is -2.24. The summed E-state index contributed by atoms with van der Waals surface area (Å²) in [5, 5.41) is 0.392. The summed E-state index contributed by atoms with van der Waals surface area (Å²) in [6.45, 7) is 5.94. The number of benzene rings is 1. The van der Waals surface area contributed by atoms with Gasteiger partial charge in [-0.3, -0.25) is 0 Å². The number of aromatic nitrogens is 2. The molecule has 104 valence electrons. The van der Waals surface area contributed by atoms with Crippen LogP contribution in [0.5, 0.6) is 17.4 Å². The number of rotatable bonds is 2. The highest BCUT2D eigenvalue weighted by Gasteiger charge is 2.32. The Hall–Kier alpha value is -1.81. The Kier molecular flexibility index (Phi) is 3.05. The van der Waals surface area contributed by atoms with Crippen LogP contribution in [0.2, 0.25) is 5.15 Å². The van der Waals surface area contributed by atoms with Gasteiger partial charge in [0.15, 0.2) is 11.5 Å². The van der Waals surface area contributed by atoms with E-state index < -0.39 is 0 Å². The Morgan fingerprint density at radius 2 is 2.10 bits per heavy atom. The third kappa shape index (κ3) is 2.31. The molecule has 0 N–H and O–H groups in total. The molecule has 0 radical (unpaired) electrons. The van der Waals surface area contributed by atoms with E-state index in [0.29, 0.717) is 22.3 Å². The molecule has 0 amide bonds. The first-order valence-corrected chi connectivity index (χ1v) is 6.80. The summed E-state index contributed by atoms with van der Waals surface area (Å²) in [5.74, 6) is 1.89. The second-order valence-electron chi connectivity index (χ2n) is 5.48. The van der Waals surface area contributed by atoms with E-state index in [1.807, 2.05) is 19.1 Å². The van der Waals surface area contributed by atoms with Crippen molar-refractivity contribution in [1.82, 2.24) is 9.97 Å². The van der Waals surface area contributed by atoms with Crippen molar-refractivity contribution in [2.24, 2.45) is 0 Å². The average molecular weight is 291 g/mol. The van der Waals surface area contributed by atoms with Crippen LogP contribution in [0.4, 0.5) is 0 Å². The molecule has 4 nitrogen and oxygen atoms in total. The third-order valence-corrected chi connectivity index (χ3v) is 3.62. The van der Waals surface area contributed by atoms with Gasteiger partial charge in [0.1, 0.15) is 17.1 Å². The van der Waals surface area contributed by atoms with Crippen molar-refractivity contribution >= 4 is 11.6 Å². The predicted molar refractivity (Wildman–Crippen MR) is 76.7 cm³/mol. The number of halogens is 1. The maximum atomic E-state index is 5.98. The Balaban J connectivity index is 1.98. The van der Waals surface area contributed by atoms with Gasteiger partial charge in [0.2, 0.25) is 5.88 Å². The van der Waals surface area contributed by atoms with Gasteiger partial charge in [-0.15, -0.1) is 0 Å². The summed E-state index contributed by atoms with van der Waals surface area (Å²) in [6.07, 6.45) is 2.25.